The molecule has 0 unspecified atom stereocenters. The van der Waals surface area contributed by atoms with Gasteiger partial charge in [-0.05, 0) is 4.90 Å². The summed E-state index contributed by atoms with van der Waals surface area (Å²) in [6.07, 6.45) is 0.773. The highest BCUT2D eigenvalue weighted by molar-refractivity contribution is 5.91. The van der Waals surface area contributed by atoms with Gasteiger partial charge in [-0.3, -0.25) is 10.4 Å². The van der Waals surface area contributed by atoms with E-state index in [0.29, 0.717) is 24.2 Å². The van der Waals surface area contributed by atoms with Crippen LogP contribution in [0.5, 0.6) is 0 Å². The molecule has 1 aromatic heterocycles. The van der Waals surface area contributed by atoms with Gasteiger partial charge < -0.3 is 15.5 Å². The van der Waals surface area contributed by atoms with E-state index in [4.69, 9.17) is 0 Å². The molecule has 0 saturated carbocycles. The largest absolute Gasteiger partial charge is 0.619 e. The maximum absolute atomic E-state index is 12.0. The van der Waals surface area contributed by atoms with E-state index in [-0.39, 0.29) is 17.0 Å². The summed E-state index contributed by atoms with van der Waals surface area (Å²) in [4.78, 5) is 0.290. The van der Waals surface area contributed by atoms with Gasteiger partial charge in [0.1, 0.15) is 6.42 Å². The molecule has 1 aliphatic carbocycles. The van der Waals surface area contributed by atoms with Crippen molar-refractivity contribution in [3.05, 3.63) is 21.8 Å². The number of aromatic nitrogens is 2. The van der Waals surface area contributed by atoms with Crippen LogP contribution in [0.4, 0.5) is 0 Å². The molecule has 2 aliphatic rings. The van der Waals surface area contributed by atoms with Crippen molar-refractivity contribution in [1.29, 1.82) is 0 Å². The zero-order valence-corrected chi connectivity index (χ0v) is 9.34. The summed E-state index contributed by atoms with van der Waals surface area (Å²) >= 11 is 0. The van der Waals surface area contributed by atoms with Crippen molar-refractivity contribution in [2.45, 2.75) is 37.5 Å². The van der Waals surface area contributed by atoms with Gasteiger partial charge in [-0.1, -0.05) is 0 Å². The Bertz CT molecular complexity index is 535. The number of hydroxylamine groups is 1. The van der Waals surface area contributed by atoms with E-state index in [1.165, 1.54) is 0 Å². The van der Waals surface area contributed by atoms with Gasteiger partial charge in [0, 0.05) is 18.0 Å². The fourth-order valence-corrected chi connectivity index (χ4v) is 2.77. The fraction of sp³-hybridized carbons (Fsp3) is 0.667. The van der Waals surface area contributed by atoms with E-state index in [1.54, 1.807) is 6.92 Å². The summed E-state index contributed by atoms with van der Waals surface area (Å²) in [5.74, 6) is 0. The van der Waals surface area contributed by atoms with Crippen LogP contribution in [0, 0.1) is 10.4 Å². The average molecular weight is 241 g/mol. The number of hydrogen-bond acceptors (Lipinski definition) is 5. The molecule has 0 radical (unpaired) electrons. The van der Waals surface area contributed by atoms with Gasteiger partial charge in [0.05, 0.1) is 6.92 Å². The number of nitrogens with zero attached hydrogens (tertiary/aromatic N) is 3. The van der Waals surface area contributed by atoms with Crippen LogP contribution in [0.2, 0.25) is 0 Å². The normalized spacial score (nSPS) is 35.9. The number of aliphatic hydroxyl groups is 1. The topological polar surface area (TPSA) is 127 Å². The summed E-state index contributed by atoms with van der Waals surface area (Å²) in [6, 6.07) is 0. The van der Waals surface area contributed by atoms with Gasteiger partial charge in [0.25, 0.3) is 11.4 Å². The van der Waals surface area contributed by atoms with E-state index in [2.05, 4.69) is 15.5 Å². The Balaban J connectivity index is 2.22. The standard InChI is InChI=1S/C9H12N4O4/c1-8(10)4-9(14)6(12(8)15)3-2-5-7(9)11-17-13(5)16/h14H,2-4,10H2,1H3/p+1/t8-,9-/m1/s1. The van der Waals surface area contributed by atoms with Gasteiger partial charge in [-0.2, -0.15) is 4.74 Å². The lowest BCUT2D eigenvalue weighted by molar-refractivity contribution is -0.808. The third-order valence-corrected chi connectivity index (χ3v) is 3.54. The van der Waals surface area contributed by atoms with Crippen molar-refractivity contribution in [3.8, 4) is 0 Å². The van der Waals surface area contributed by atoms with Crippen LogP contribution < -0.4 is 10.6 Å². The maximum Gasteiger partial charge on any atom is 0.294 e. The summed E-state index contributed by atoms with van der Waals surface area (Å²) in [5.41, 5.74) is 2.10. The van der Waals surface area contributed by atoms with Crippen LogP contribution in [0.25, 0.3) is 0 Å². The first-order chi connectivity index (χ1) is 7.86. The zero-order chi connectivity index (χ0) is 12.4. The summed E-state index contributed by atoms with van der Waals surface area (Å²) < 4.78 is 5.23. The number of rotatable bonds is 0. The molecule has 0 spiro atoms. The predicted octanol–water partition coefficient (Wildman–Crippen LogP) is -2.25. The Morgan fingerprint density at radius 2 is 2.18 bits per heavy atom. The molecular weight excluding hydrogens is 228 g/mol. The van der Waals surface area contributed by atoms with E-state index >= 15 is 0 Å². The molecule has 2 atom stereocenters. The van der Waals surface area contributed by atoms with Crippen LogP contribution in [0.3, 0.4) is 0 Å². The fourth-order valence-electron chi connectivity index (χ4n) is 2.77. The van der Waals surface area contributed by atoms with Gasteiger partial charge >= 0.3 is 0 Å². The molecule has 3 rings (SSSR count). The van der Waals surface area contributed by atoms with Crippen LogP contribution in [0.15, 0.2) is 4.63 Å². The molecule has 1 aromatic rings. The number of hydrogen-bond donors (Lipinski definition) is 2. The molecule has 8 heteroatoms. The highest BCUT2D eigenvalue weighted by atomic mass is 16.8. The van der Waals surface area contributed by atoms with Gasteiger partial charge in [-0.25, -0.2) is 0 Å². The molecule has 92 valence electrons. The second-order valence-electron chi connectivity index (χ2n) is 5.00. The second-order valence-corrected chi connectivity index (χ2v) is 5.00. The Labute approximate surface area is 96.1 Å². The summed E-state index contributed by atoms with van der Waals surface area (Å²) in [6.45, 7) is 1.65. The predicted molar refractivity (Wildman–Crippen MR) is 52.2 cm³/mol. The molecule has 0 saturated heterocycles. The minimum absolute atomic E-state index is 0.109. The minimum atomic E-state index is -1.51. The molecule has 2 heterocycles. The third-order valence-electron chi connectivity index (χ3n) is 3.54. The number of quaternary nitrogens is 1. The van der Waals surface area contributed by atoms with E-state index < -0.39 is 11.3 Å². The lowest BCUT2D eigenvalue weighted by Crippen LogP contribution is -2.74. The van der Waals surface area contributed by atoms with E-state index in [9.17, 15) is 15.5 Å². The van der Waals surface area contributed by atoms with Crippen molar-refractivity contribution in [2.24, 2.45) is 0 Å². The minimum Gasteiger partial charge on any atom is -0.619 e. The van der Waals surface area contributed by atoms with Crippen LogP contribution >= 0.6 is 0 Å². The first kappa shape index (κ1) is 10.5. The Hall–Kier alpha value is -1.67. The van der Waals surface area contributed by atoms with Gasteiger partial charge in [-0.15, -0.1) is 0 Å². The van der Waals surface area contributed by atoms with Crippen molar-refractivity contribution in [2.75, 3.05) is 0 Å². The molecule has 0 bridgehead atoms. The van der Waals surface area contributed by atoms with Gasteiger partial charge in [0.15, 0.2) is 0 Å². The molecule has 8 nitrogen and oxygen atoms in total. The quantitative estimate of drug-likeness (QED) is 0.392. The molecule has 1 aliphatic heterocycles. The highest BCUT2D eigenvalue weighted by Crippen LogP contribution is 2.40. The van der Waals surface area contributed by atoms with Crippen LogP contribution in [-0.2, 0) is 12.0 Å². The first-order valence-electron chi connectivity index (χ1n) is 5.37. The highest BCUT2D eigenvalue weighted by Gasteiger charge is 2.64. The van der Waals surface area contributed by atoms with E-state index in [1.807, 2.05) is 0 Å². The summed E-state index contributed by atoms with van der Waals surface area (Å²) in [5, 5.41) is 37.5. The molecule has 0 aromatic carbocycles. The zero-order valence-electron chi connectivity index (χ0n) is 9.34. The van der Waals surface area contributed by atoms with Crippen molar-refractivity contribution in [1.82, 2.24) is 5.16 Å². The Morgan fingerprint density at radius 1 is 1.47 bits per heavy atom. The lowest BCUT2D eigenvalue weighted by Gasteiger charge is -2.19. The van der Waals surface area contributed by atoms with Crippen LogP contribution in [-0.4, -0.2) is 26.4 Å². The Kier molecular flexibility index (Phi) is 1.71. The van der Waals surface area contributed by atoms with Crippen molar-refractivity contribution < 1.29 is 25.1 Å². The SMILES string of the molecule is C[C@]1([NH3+])C[C@@]2(O)C(=[N+]1[O-])CCc1c2no[n+]1[O-]. The second kappa shape index (κ2) is 2.77. The van der Waals surface area contributed by atoms with Gasteiger partial charge in [0.2, 0.25) is 17.0 Å². The third kappa shape index (κ3) is 1.11. The first-order valence-corrected chi connectivity index (χ1v) is 5.37. The number of fused-ring (bicyclic) bond motifs is 3. The molecule has 0 amide bonds. The maximum atomic E-state index is 12.0. The molecule has 0 fully saturated rings. The van der Waals surface area contributed by atoms with Crippen molar-refractivity contribution >= 4 is 5.71 Å². The summed E-state index contributed by atoms with van der Waals surface area (Å²) in [7, 11) is 0. The lowest BCUT2D eigenvalue weighted by atomic mass is 9.81. The van der Waals surface area contributed by atoms with Crippen LogP contribution in [0.1, 0.15) is 31.2 Å². The molecular formula is C9H13N4O4+. The monoisotopic (exact) mass is 241 g/mol. The smallest absolute Gasteiger partial charge is 0.294 e. The van der Waals surface area contributed by atoms with E-state index in [0.717, 1.165) is 4.74 Å². The molecule has 4 N–H and O–H groups in total. The van der Waals surface area contributed by atoms with Crippen molar-refractivity contribution in [3.63, 3.8) is 0 Å². The Morgan fingerprint density at radius 3 is 2.88 bits per heavy atom. The average Bonchev–Trinajstić information content (AvgIpc) is 2.67. The molecule has 17 heavy (non-hydrogen) atoms.